The van der Waals surface area contributed by atoms with E-state index in [1.165, 1.54) is 30.4 Å². The highest BCUT2D eigenvalue weighted by Gasteiger charge is 2.23. The van der Waals surface area contributed by atoms with Crippen molar-refractivity contribution >= 4 is 29.9 Å². The molecule has 5 nitrogen and oxygen atoms in total. The fraction of sp³-hybridized carbons (Fsp3) is 0.611. The summed E-state index contributed by atoms with van der Waals surface area (Å²) in [5.74, 6) is 3.56. The Labute approximate surface area is 161 Å². The minimum absolute atomic E-state index is 0. The number of nitrogens with one attached hydrogen (secondary N) is 1. The molecule has 0 atom stereocenters. The number of ether oxygens (including phenoxy) is 2. The number of benzene rings is 1. The molecular formula is C18H28IN3O2. The zero-order chi connectivity index (χ0) is 16.2. The van der Waals surface area contributed by atoms with Crippen molar-refractivity contribution in [2.45, 2.75) is 32.2 Å². The lowest BCUT2D eigenvalue weighted by atomic mass is 9.99. The summed E-state index contributed by atoms with van der Waals surface area (Å²) in [6, 6.07) is 4.20. The SMILES string of the molecule is CN=C(NCCC1CC1)N1CCc2cc(OC)c(OC)cc2C1.I. The first-order valence-electron chi connectivity index (χ1n) is 8.44. The predicted octanol–water partition coefficient (Wildman–Crippen LogP) is 3.06. The van der Waals surface area contributed by atoms with E-state index in [1.807, 2.05) is 7.05 Å². The third-order valence-corrected chi connectivity index (χ3v) is 4.76. The summed E-state index contributed by atoms with van der Waals surface area (Å²) in [6.45, 7) is 2.86. The van der Waals surface area contributed by atoms with Gasteiger partial charge in [0.1, 0.15) is 0 Å². The van der Waals surface area contributed by atoms with Crippen molar-refractivity contribution in [1.82, 2.24) is 10.2 Å². The molecule has 0 saturated heterocycles. The predicted molar refractivity (Wildman–Crippen MR) is 108 cm³/mol. The second kappa shape index (κ2) is 8.78. The third kappa shape index (κ3) is 4.46. The number of guanidine groups is 1. The third-order valence-electron chi connectivity index (χ3n) is 4.76. The minimum Gasteiger partial charge on any atom is -0.493 e. The number of hydrogen-bond donors (Lipinski definition) is 1. The van der Waals surface area contributed by atoms with Crippen LogP contribution in [-0.2, 0) is 13.0 Å². The Morgan fingerprint density at radius 3 is 2.46 bits per heavy atom. The second-order valence-corrected chi connectivity index (χ2v) is 6.35. The average molecular weight is 445 g/mol. The van der Waals surface area contributed by atoms with E-state index in [4.69, 9.17) is 9.47 Å². The molecule has 3 rings (SSSR count). The van der Waals surface area contributed by atoms with Crippen LogP contribution < -0.4 is 14.8 Å². The van der Waals surface area contributed by atoms with Gasteiger partial charge >= 0.3 is 0 Å². The lowest BCUT2D eigenvalue weighted by Gasteiger charge is -2.32. The van der Waals surface area contributed by atoms with E-state index in [0.29, 0.717) is 0 Å². The standard InChI is InChI=1S/C18H27N3O2.HI/c1-19-18(20-8-6-13-4-5-13)21-9-7-14-10-16(22-2)17(23-3)11-15(14)12-21;/h10-11,13H,4-9,12H2,1-3H3,(H,19,20);1H. The Kier molecular flexibility index (Phi) is 7.01. The molecule has 1 fully saturated rings. The molecular weight excluding hydrogens is 417 g/mol. The van der Waals surface area contributed by atoms with Gasteiger partial charge < -0.3 is 19.7 Å². The van der Waals surface area contributed by atoms with Gasteiger partial charge in [-0.3, -0.25) is 4.99 Å². The van der Waals surface area contributed by atoms with Crippen molar-refractivity contribution in [3.8, 4) is 11.5 Å². The molecule has 1 aliphatic carbocycles. The van der Waals surface area contributed by atoms with Crippen LogP contribution in [0.2, 0.25) is 0 Å². The van der Waals surface area contributed by atoms with Crippen LogP contribution >= 0.6 is 24.0 Å². The molecule has 2 aliphatic rings. The van der Waals surface area contributed by atoms with E-state index in [1.54, 1.807) is 14.2 Å². The molecule has 0 aromatic heterocycles. The van der Waals surface area contributed by atoms with E-state index < -0.39 is 0 Å². The fourth-order valence-corrected chi connectivity index (χ4v) is 3.19. The van der Waals surface area contributed by atoms with Gasteiger partial charge in [-0.2, -0.15) is 0 Å². The van der Waals surface area contributed by atoms with Gasteiger partial charge in [0.2, 0.25) is 0 Å². The molecule has 0 amide bonds. The van der Waals surface area contributed by atoms with E-state index in [2.05, 4.69) is 27.3 Å². The van der Waals surface area contributed by atoms with E-state index in [-0.39, 0.29) is 24.0 Å². The van der Waals surface area contributed by atoms with Gasteiger partial charge in [-0.25, -0.2) is 0 Å². The normalized spacial score (nSPS) is 17.0. The monoisotopic (exact) mass is 445 g/mol. The maximum absolute atomic E-state index is 5.43. The first kappa shape index (κ1) is 19.1. The molecule has 134 valence electrons. The summed E-state index contributed by atoms with van der Waals surface area (Å²) < 4.78 is 10.8. The quantitative estimate of drug-likeness (QED) is 0.430. The van der Waals surface area contributed by atoms with E-state index >= 15 is 0 Å². The van der Waals surface area contributed by atoms with Crippen LogP contribution in [0.1, 0.15) is 30.4 Å². The number of hydrogen-bond acceptors (Lipinski definition) is 3. The van der Waals surface area contributed by atoms with Crippen molar-refractivity contribution in [3.63, 3.8) is 0 Å². The number of halogens is 1. The van der Waals surface area contributed by atoms with Gasteiger partial charge in [-0.15, -0.1) is 24.0 Å². The summed E-state index contributed by atoms with van der Waals surface area (Å²) in [6.07, 6.45) is 5.06. The van der Waals surface area contributed by atoms with Crippen molar-refractivity contribution < 1.29 is 9.47 Å². The largest absolute Gasteiger partial charge is 0.493 e. The molecule has 0 radical (unpaired) electrons. The first-order valence-corrected chi connectivity index (χ1v) is 8.44. The van der Waals surface area contributed by atoms with Crippen molar-refractivity contribution in [3.05, 3.63) is 23.3 Å². The van der Waals surface area contributed by atoms with E-state index in [0.717, 1.165) is 49.4 Å². The summed E-state index contributed by atoms with van der Waals surface area (Å²) in [4.78, 5) is 6.77. The lowest BCUT2D eigenvalue weighted by molar-refractivity contribution is 0.346. The molecule has 1 heterocycles. The number of methoxy groups -OCH3 is 2. The average Bonchev–Trinajstić information content (AvgIpc) is 3.41. The second-order valence-electron chi connectivity index (χ2n) is 6.35. The van der Waals surface area contributed by atoms with Crippen molar-refractivity contribution in [2.75, 3.05) is 34.4 Å². The van der Waals surface area contributed by atoms with Crippen LogP contribution in [-0.4, -0.2) is 45.2 Å². The minimum atomic E-state index is 0. The maximum Gasteiger partial charge on any atom is 0.193 e. The molecule has 0 spiro atoms. The number of rotatable bonds is 5. The molecule has 1 N–H and O–H groups in total. The van der Waals surface area contributed by atoms with Gasteiger partial charge in [0.25, 0.3) is 0 Å². The lowest BCUT2D eigenvalue weighted by Crippen LogP contribution is -2.44. The van der Waals surface area contributed by atoms with Crippen LogP contribution in [0.3, 0.4) is 0 Å². The van der Waals surface area contributed by atoms with Gasteiger partial charge in [-0.1, -0.05) is 12.8 Å². The Morgan fingerprint density at radius 1 is 1.21 bits per heavy atom. The fourth-order valence-electron chi connectivity index (χ4n) is 3.19. The molecule has 1 aliphatic heterocycles. The molecule has 0 bridgehead atoms. The first-order chi connectivity index (χ1) is 11.2. The van der Waals surface area contributed by atoms with Crippen molar-refractivity contribution in [1.29, 1.82) is 0 Å². The summed E-state index contributed by atoms with van der Waals surface area (Å²) in [7, 11) is 5.23. The Balaban J connectivity index is 0.00000208. The smallest absolute Gasteiger partial charge is 0.193 e. The molecule has 1 aromatic carbocycles. The topological polar surface area (TPSA) is 46.1 Å². The molecule has 1 aromatic rings. The highest BCUT2D eigenvalue weighted by molar-refractivity contribution is 14.0. The van der Waals surface area contributed by atoms with E-state index in [9.17, 15) is 0 Å². The highest BCUT2D eigenvalue weighted by atomic mass is 127. The van der Waals surface area contributed by atoms with Gasteiger partial charge in [-0.05, 0) is 42.0 Å². The number of fused-ring (bicyclic) bond motifs is 1. The Morgan fingerprint density at radius 2 is 1.88 bits per heavy atom. The van der Waals surface area contributed by atoms with Crippen LogP contribution in [0.15, 0.2) is 17.1 Å². The molecule has 0 unspecified atom stereocenters. The molecule has 1 saturated carbocycles. The van der Waals surface area contributed by atoms with Crippen LogP contribution in [0.4, 0.5) is 0 Å². The zero-order valence-corrected chi connectivity index (χ0v) is 17.1. The van der Waals surface area contributed by atoms with Crippen molar-refractivity contribution in [2.24, 2.45) is 10.9 Å². The Hall–Kier alpha value is -1.18. The van der Waals surface area contributed by atoms with Crippen LogP contribution in [0.5, 0.6) is 11.5 Å². The zero-order valence-electron chi connectivity index (χ0n) is 14.8. The van der Waals surface area contributed by atoms with Gasteiger partial charge in [0.15, 0.2) is 17.5 Å². The van der Waals surface area contributed by atoms with Gasteiger partial charge in [0.05, 0.1) is 14.2 Å². The van der Waals surface area contributed by atoms with Gasteiger partial charge in [0, 0.05) is 26.7 Å². The highest BCUT2D eigenvalue weighted by Crippen LogP contribution is 2.33. The maximum atomic E-state index is 5.43. The van der Waals surface area contributed by atoms with Crippen LogP contribution in [0, 0.1) is 5.92 Å². The summed E-state index contributed by atoms with van der Waals surface area (Å²) in [5.41, 5.74) is 2.63. The summed E-state index contributed by atoms with van der Waals surface area (Å²) >= 11 is 0. The molecule has 6 heteroatoms. The number of nitrogens with zero attached hydrogens (tertiary/aromatic N) is 2. The van der Waals surface area contributed by atoms with Crippen LogP contribution in [0.25, 0.3) is 0 Å². The summed E-state index contributed by atoms with van der Waals surface area (Å²) in [5, 5.41) is 3.51. The Bertz CT molecular complexity index is 588. The number of aliphatic imine (C=N–C) groups is 1. The molecule has 24 heavy (non-hydrogen) atoms.